The fourth-order valence-corrected chi connectivity index (χ4v) is 3.15. The number of hydrogen-bond acceptors (Lipinski definition) is 5. The zero-order chi connectivity index (χ0) is 19.4. The van der Waals surface area contributed by atoms with Crippen LogP contribution in [0.3, 0.4) is 0 Å². The quantitative estimate of drug-likeness (QED) is 0.461. The van der Waals surface area contributed by atoms with Crippen LogP contribution in [0.1, 0.15) is 16.1 Å². The number of primary sulfonamides is 1. The minimum Gasteiger partial charge on any atom is -0.455 e. The Bertz CT molecular complexity index is 1110. The van der Waals surface area contributed by atoms with E-state index in [2.05, 4.69) is 26.5 Å². The molecular formula is C18H14BrN3O4S. The number of benzene rings is 2. The summed E-state index contributed by atoms with van der Waals surface area (Å²) in [5, 5.41) is 8.95. The van der Waals surface area contributed by atoms with Crippen LogP contribution in [-0.2, 0) is 10.0 Å². The summed E-state index contributed by atoms with van der Waals surface area (Å²) >= 11 is 3.30. The molecule has 3 aromatic rings. The van der Waals surface area contributed by atoms with Gasteiger partial charge in [-0.3, -0.25) is 4.79 Å². The Kier molecular flexibility index (Phi) is 5.54. The number of sulfonamides is 1. The van der Waals surface area contributed by atoms with E-state index in [0.29, 0.717) is 22.6 Å². The second-order valence-electron chi connectivity index (χ2n) is 5.48. The van der Waals surface area contributed by atoms with Crippen molar-refractivity contribution in [2.45, 2.75) is 4.90 Å². The lowest BCUT2D eigenvalue weighted by atomic mass is 10.2. The molecular weight excluding hydrogens is 434 g/mol. The number of hydrogen-bond donors (Lipinski definition) is 2. The fourth-order valence-electron chi connectivity index (χ4n) is 2.24. The summed E-state index contributed by atoms with van der Waals surface area (Å²) in [7, 11) is -3.74. The Labute approximate surface area is 164 Å². The van der Waals surface area contributed by atoms with Crippen LogP contribution in [0.15, 0.2) is 79.6 Å². The van der Waals surface area contributed by atoms with Gasteiger partial charge in [0.1, 0.15) is 11.5 Å². The van der Waals surface area contributed by atoms with Crippen LogP contribution in [0.25, 0.3) is 11.3 Å². The molecule has 0 unspecified atom stereocenters. The third-order valence-electron chi connectivity index (χ3n) is 3.54. The number of hydrazone groups is 1. The Morgan fingerprint density at radius 1 is 1.11 bits per heavy atom. The maximum atomic E-state index is 12.0. The van der Waals surface area contributed by atoms with Gasteiger partial charge in [0.2, 0.25) is 10.0 Å². The van der Waals surface area contributed by atoms with Gasteiger partial charge >= 0.3 is 0 Å². The van der Waals surface area contributed by atoms with Gasteiger partial charge in [-0.2, -0.15) is 5.10 Å². The van der Waals surface area contributed by atoms with E-state index in [-0.39, 0.29) is 10.8 Å². The van der Waals surface area contributed by atoms with Crippen molar-refractivity contribution in [2.75, 3.05) is 0 Å². The number of nitrogens with one attached hydrogen (secondary N) is 1. The first-order valence-corrected chi connectivity index (χ1v) is 9.99. The van der Waals surface area contributed by atoms with Crippen molar-refractivity contribution in [1.29, 1.82) is 0 Å². The van der Waals surface area contributed by atoms with Crippen LogP contribution in [0, 0.1) is 0 Å². The molecule has 3 rings (SSSR count). The molecule has 0 radical (unpaired) electrons. The van der Waals surface area contributed by atoms with Crippen LogP contribution in [0.2, 0.25) is 0 Å². The van der Waals surface area contributed by atoms with Crippen molar-refractivity contribution in [1.82, 2.24) is 5.43 Å². The molecule has 2 aromatic carbocycles. The highest BCUT2D eigenvalue weighted by molar-refractivity contribution is 9.10. The highest BCUT2D eigenvalue weighted by atomic mass is 79.9. The molecule has 3 N–H and O–H groups in total. The zero-order valence-electron chi connectivity index (χ0n) is 13.8. The number of amides is 1. The predicted octanol–water partition coefficient (Wildman–Crippen LogP) is 3.12. The Morgan fingerprint density at radius 3 is 2.52 bits per heavy atom. The van der Waals surface area contributed by atoms with E-state index in [4.69, 9.17) is 9.56 Å². The summed E-state index contributed by atoms with van der Waals surface area (Å²) in [6.45, 7) is 0. The topological polar surface area (TPSA) is 115 Å². The van der Waals surface area contributed by atoms with Crippen LogP contribution in [0.5, 0.6) is 0 Å². The van der Waals surface area contributed by atoms with E-state index >= 15 is 0 Å². The molecule has 0 aliphatic heterocycles. The summed E-state index contributed by atoms with van der Waals surface area (Å²) in [5.74, 6) is 0.601. The molecule has 7 nitrogen and oxygen atoms in total. The molecule has 0 fully saturated rings. The molecule has 1 heterocycles. The van der Waals surface area contributed by atoms with E-state index in [1.165, 1.54) is 18.3 Å². The first-order valence-electron chi connectivity index (χ1n) is 7.65. The average molecular weight is 448 g/mol. The first-order chi connectivity index (χ1) is 12.8. The largest absolute Gasteiger partial charge is 0.455 e. The highest BCUT2D eigenvalue weighted by Crippen LogP contribution is 2.23. The Hall–Kier alpha value is -2.75. The standard InChI is InChI=1S/C18H14BrN3O4S/c19-14-3-1-2-13(10-14)18(23)22-21-11-15-6-9-17(26-15)12-4-7-16(8-5-12)27(20,24)25/h1-11H,(H,22,23)(H2,20,24,25)/b21-11-. The Balaban J connectivity index is 1.67. The lowest BCUT2D eigenvalue weighted by molar-refractivity contribution is 0.0955. The van der Waals surface area contributed by atoms with Crippen LogP contribution in [0.4, 0.5) is 0 Å². The van der Waals surface area contributed by atoms with Crippen LogP contribution in [-0.4, -0.2) is 20.5 Å². The van der Waals surface area contributed by atoms with Gasteiger partial charge in [-0.1, -0.05) is 22.0 Å². The number of carbonyl (C=O) groups excluding carboxylic acids is 1. The lowest BCUT2D eigenvalue weighted by Gasteiger charge is -2.00. The summed E-state index contributed by atoms with van der Waals surface area (Å²) < 4.78 is 29.0. The molecule has 27 heavy (non-hydrogen) atoms. The van der Waals surface area contributed by atoms with Crippen molar-refractivity contribution in [3.63, 3.8) is 0 Å². The molecule has 0 saturated carbocycles. The molecule has 0 atom stereocenters. The van der Waals surface area contributed by atoms with Crippen molar-refractivity contribution in [2.24, 2.45) is 10.2 Å². The second kappa shape index (κ2) is 7.87. The maximum absolute atomic E-state index is 12.0. The molecule has 0 spiro atoms. The van der Waals surface area contributed by atoms with Crippen molar-refractivity contribution in [3.8, 4) is 11.3 Å². The molecule has 0 bridgehead atoms. The molecule has 0 saturated heterocycles. The third-order valence-corrected chi connectivity index (χ3v) is 4.96. The minimum atomic E-state index is -3.74. The fraction of sp³-hybridized carbons (Fsp3) is 0. The van der Waals surface area contributed by atoms with Crippen molar-refractivity contribution >= 4 is 38.1 Å². The van der Waals surface area contributed by atoms with Gasteiger partial charge in [-0.25, -0.2) is 19.0 Å². The Morgan fingerprint density at radius 2 is 1.85 bits per heavy atom. The maximum Gasteiger partial charge on any atom is 0.271 e. The number of rotatable bonds is 5. The molecule has 9 heteroatoms. The predicted molar refractivity (Wildman–Crippen MR) is 105 cm³/mol. The van der Waals surface area contributed by atoms with E-state index in [0.717, 1.165) is 4.47 Å². The monoisotopic (exact) mass is 447 g/mol. The number of nitrogens with two attached hydrogens (primary N) is 1. The molecule has 0 aliphatic carbocycles. The van der Waals surface area contributed by atoms with E-state index in [9.17, 15) is 13.2 Å². The third kappa shape index (κ3) is 4.91. The first kappa shape index (κ1) is 19.0. The van der Waals surface area contributed by atoms with E-state index < -0.39 is 10.0 Å². The van der Waals surface area contributed by atoms with Gasteiger partial charge < -0.3 is 4.42 Å². The lowest BCUT2D eigenvalue weighted by Crippen LogP contribution is -2.17. The van der Waals surface area contributed by atoms with Gasteiger partial charge in [0.05, 0.1) is 11.1 Å². The number of nitrogens with zero attached hydrogens (tertiary/aromatic N) is 1. The van der Waals surface area contributed by atoms with Crippen molar-refractivity contribution < 1.29 is 17.6 Å². The molecule has 0 aliphatic rings. The summed E-state index contributed by atoms with van der Waals surface area (Å²) in [6.07, 6.45) is 1.37. The SMILES string of the molecule is NS(=O)(=O)c1ccc(-c2ccc(/C=N\NC(=O)c3cccc(Br)c3)o2)cc1. The van der Waals surface area contributed by atoms with Gasteiger partial charge in [0.25, 0.3) is 5.91 Å². The van der Waals surface area contributed by atoms with Gasteiger partial charge in [-0.15, -0.1) is 0 Å². The normalized spacial score (nSPS) is 11.6. The molecule has 138 valence electrons. The second-order valence-corrected chi connectivity index (χ2v) is 7.96. The summed E-state index contributed by atoms with van der Waals surface area (Å²) in [4.78, 5) is 12.0. The zero-order valence-corrected chi connectivity index (χ0v) is 16.2. The van der Waals surface area contributed by atoms with Gasteiger partial charge in [0.15, 0.2) is 0 Å². The van der Waals surface area contributed by atoms with Gasteiger partial charge in [-0.05, 0) is 54.6 Å². The summed E-state index contributed by atoms with van der Waals surface area (Å²) in [5.41, 5.74) is 3.57. The van der Waals surface area contributed by atoms with Crippen LogP contribution < -0.4 is 10.6 Å². The van der Waals surface area contributed by atoms with Crippen molar-refractivity contribution in [3.05, 3.63) is 76.5 Å². The number of furan rings is 1. The summed E-state index contributed by atoms with van der Waals surface area (Å²) in [6, 6.07) is 16.3. The van der Waals surface area contributed by atoms with Gasteiger partial charge in [0, 0.05) is 15.6 Å². The van der Waals surface area contributed by atoms with Crippen LogP contribution >= 0.6 is 15.9 Å². The minimum absolute atomic E-state index is 0.0230. The average Bonchev–Trinajstić information content (AvgIpc) is 3.10. The number of carbonyl (C=O) groups is 1. The van der Waals surface area contributed by atoms with E-state index in [1.807, 2.05) is 6.07 Å². The highest BCUT2D eigenvalue weighted by Gasteiger charge is 2.09. The van der Waals surface area contributed by atoms with E-state index in [1.54, 1.807) is 42.5 Å². The smallest absolute Gasteiger partial charge is 0.271 e. The molecule has 1 amide bonds. The number of halogens is 1. The molecule has 1 aromatic heterocycles.